The lowest BCUT2D eigenvalue weighted by molar-refractivity contribution is -0.112. The van der Waals surface area contributed by atoms with Crippen LogP contribution in [-0.2, 0) is 4.79 Å². The van der Waals surface area contributed by atoms with Crippen molar-refractivity contribution < 1.29 is 4.79 Å². The van der Waals surface area contributed by atoms with Crippen molar-refractivity contribution in [1.82, 2.24) is 5.01 Å². The van der Waals surface area contributed by atoms with Crippen LogP contribution in [0, 0.1) is 0 Å². The quantitative estimate of drug-likeness (QED) is 0.780. The Balaban J connectivity index is 1.85. The number of carbonyl (C=O) groups is 1. The van der Waals surface area contributed by atoms with Gasteiger partial charge in [-0.05, 0) is 36.8 Å². The molecule has 2 atom stereocenters. The smallest absolute Gasteiger partial charge is 0.180 e. The number of rotatable bonds is 4. The molecule has 3 rings (SSSR count). The molecule has 0 aromatic heterocycles. The Bertz CT molecular complexity index is 672. The number of benzene rings is 2. The largest absolute Gasteiger partial charge is 0.302 e. The minimum atomic E-state index is -0.434. The summed E-state index contributed by atoms with van der Waals surface area (Å²) in [5.74, 6) is 0. The molecule has 1 aliphatic heterocycles. The fourth-order valence-electron chi connectivity index (χ4n) is 2.55. The fourth-order valence-corrected chi connectivity index (χ4v) is 2.82. The van der Waals surface area contributed by atoms with Crippen LogP contribution in [0.3, 0.4) is 0 Å². The monoisotopic (exact) mass is 357 g/mol. The van der Waals surface area contributed by atoms with Crippen LogP contribution in [0.5, 0.6) is 0 Å². The maximum atomic E-state index is 11.6. The molecule has 0 saturated heterocycles. The van der Waals surface area contributed by atoms with Gasteiger partial charge < -0.3 is 4.90 Å². The Morgan fingerprint density at radius 2 is 1.82 bits per heavy atom. The van der Waals surface area contributed by atoms with E-state index in [4.69, 9.17) is 0 Å². The van der Waals surface area contributed by atoms with Crippen molar-refractivity contribution in [2.24, 2.45) is 5.10 Å². The molecule has 0 saturated carbocycles. The number of aldehydes is 1. The lowest BCUT2D eigenvalue weighted by Gasteiger charge is -2.30. The number of anilines is 1. The summed E-state index contributed by atoms with van der Waals surface area (Å²) in [5, 5.41) is 6.26. The number of nitrogens with zero attached hydrogens (tertiary/aromatic N) is 3. The minimum absolute atomic E-state index is 0.0214. The van der Waals surface area contributed by atoms with E-state index in [2.05, 4.69) is 21.0 Å². The van der Waals surface area contributed by atoms with Gasteiger partial charge in [-0.2, -0.15) is 5.10 Å². The maximum absolute atomic E-state index is 11.6. The number of carbonyl (C=O) groups excluding carboxylic acids is 1. The summed E-state index contributed by atoms with van der Waals surface area (Å²) in [4.78, 5) is 13.5. The first-order valence-corrected chi connectivity index (χ1v) is 7.86. The highest BCUT2D eigenvalue weighted by atomic mass is 79.9. The normalized spacial score (nSPS) is 18.5. The molecule has 0 aliphatic carbocycles. The molecule has 5 heteroatoms. The molecule has 1 heterocycles. The molecule has 0 fully saturated rings. The summed E-state index contributed by atoms with van der Waals surface area (Å²) in [6, 6.07) is 17.9. The topological polar surface area (TPSA) is 35.9 Å². The van der Waals surface area contributed by atoms with Gasteiger partial charge in [-0.15, -0.1) is 0 Å². The Kier molecular flexibility index (Phi) is 4.24. The van der Waals surface area contributed by atoms with E-state index in [1.165, 1.54) is 0 Å². The van der Waals surface area contributed by atoms with Gasteiger partial charge in [-0.1, -0.05) is 46.3 Å². The zero-order valence-electron chi connectivity index (χ0n) is 12.1. The van der Waals surface area contributed by atoms with Gasteiger partial charge in [0.15, 0.2) is 12.5 Å². The van der Waals surface area contributed by atoms with Crippen LogP contribution < -0.4 is 4.90 Å². The van der Waals surface area contributed by atoms with Crippen LogP contribution in [0.2, 0.25) is 0 Å². The third kappa shape index (κ3) is 2.76. The van der Waals surface area contributed by atoms with Crippen LogP contribution in [0.1, 0.15) is 18.5 Å². The van der Waals surface area contributed by atoms with E-state index in [0.717, 1.165) is 22.0 Å². The Labute approximate surface area is 138 Å². The lowest BCUT2D eigenvalue weighted by atomic mass is 10.1. The molecule has 22 heavy (non-hydrogen) atoms. The van der Waals surface area contributed by atoms with E-state index < -0.39 is 6.17 Å². The molecule has 0 N–H and O–H groups in total. The predicted molar refractivity (Wildman–Crippen MR) is 91.7 cm³/mol. The van der Waals surface area contributed by atoms with Gasteiger partial charge in [0.1, 0.15) is 6.34 Å². The zero-order chi connectivity index (χ0) is 15.5. The van der Waals surface area contributed by atoms with E-state index in [0.29, 0.717) is 0 Å². The predicted octanol–water partition coefficient (Wildman–Crippen LogP) is 3.80. The van der Waals surface area contributed by atoms with E-state index in [9.17, 15) is 4.79 Å². The molecule has 4 nitrogen and oxygen atoms in total. The second-order valence-electron chi connectivity index (χ2n) is 5.13. The molecule has 2 unspecified atom stereocenters. The third-order valence-corrected chi connectivity index (χ3v) is 4.32. The first-order chi connectivity index (χ1) is 10.7. The van der Waals surface area contributed by atoms with Gasteiger partial charge in [-0.25, -0.2) is 0 Å². The summed E-state index contributed by atoms with van der Waals surface area (Å²) in [6.45, 7) is 2.05. The zero-order valence-corrected chi connectivity index (χ0v) is 13.7. The van der Waals surface area contributed by atoms with Crippen LogP contribution in [0.15, 0.2) is 64.2 Å². The molecule has 0 bridgehead atoms. The summed E-state index contributed by atoms with van der Waals surface area (Å²) >= 11 is 3.42. The summed E-state index contributed by atoms with van der Waals surface area (Å²) in [7, 11) is 0. The molecular weight excluding hydrogens is 342 g/mol. The van der Waals surface area contributed by atoms with Crippen molar-refractivity contribution in [2.75, 3.05) is 4.90 Å². The van der Waals surface area contributed by atoms with Gasteiger partial charge >= 0.3 is 0 Å². The third-order valence-electron chi connectivity index (χ3n) is 3.79. The van der Waals surface area contributed by atoms with Crippen LogP contribution in [0.4, 0.5) is 5.69 Å². The number of hydrogen-bond acceptors (Lipinski definition) is 4. The minimum Gasteiger partial charge on any atom is -0.302 e. The molecule has 2 aromatic carbocycles. The van der Waals surface area contributed by atoms with E-state index in [1.807, 2.05) is 71.4 Å². The summed E-state index contributed by atoms with van der Waals surface area (Å²) in [5.41, 5.74) is 2.07. The molecule has 112 valence electrons. The van der Waals surface area contributed by atoms with Crippen LogP contribution >= 0.6 is 15.9 Å². The van der Waals surface area contributed by atoms with Gasteiger partial charge in [-0.3, -0.25) is 9.80 Å². The fraction of sp³-hybridized carbons (Fsp3) is 0.176. The average Bonchev–Trinajstić information content (AvgIpc) is 2.99. The van der Waals surface area contributed by atoms with Crippen molar-refractivity contribution in [2.45, 2.75) is 19.1 Å². The number of hydrazone groups is 1. The second kappa shape index (κ2) is 6.32. The van der Waals surface area contributed by atoms with Gasteiger partial charge in [0.05, 0.1) is 6.04 Å². The highest BCUT2D eigenvalue weighted by Crippen LogP contribution is 2.29. The molecule has 0 spiro atoms. The Hall–Kier alpha value is -2.14. The first kappa shape index (κ1) is 14.8. The molecule has 0 amide bonds. The summed E-state index contributed by atoms with van der Waals surface area (Å²) in [6.07, 6.45) is 2.20. The highest BCUT2D eigenvalue weighted by Gasteiger charge is 2.32. The molecule has 0 radical (unpaired) electrons. The van der Waals surface area contributed by atoms with Crippen molar-refractivity contribution in [1.29, 1.82) is 0 Å². The molecule has 2 aromatic rings. The van der Waals surface area contributed by atoms with Gasteiger partial charge in [0, 0.05) is 10.2 Å². The van der Waals surface area contributed by atoms with Crippen molar-refractivity contribution in [3.63, 3.8) is 0 Å². The number of halogens is 1. The molecular formula is C17H16BrN3O. The Morgan fingerprint density at radius 3 is 2.45 bits per heavy atom. The lowest BCUT2D eigenvalue weighted by Crippen LogP contribution is -2.42. The van der Waals surface area contributed by atoms with E-state index in [-0.39, 0.29) is 6.04 Å². The average molecular weight is 358 g/mol. The molecule has 1 aliphatic rings. The van der Waals surface area contributed by atoms with E-state index >= 15 is 0 Å². The maximum Gasteiger partial charge on any atom is 0.180 e. The summed E-state index contributed by atoms with van der Waals surface area (Å²) < 4.78 is 1.00. The van der Waals surface area contributed by atoms with Gasteiger partial charge in [0.25, 0.3) is 0 Å². The number of hydrogen-bond donors (Lipinski definition) is 0. The van der Waals surface area contributed by atoms with Crippen molar-refractivity contribution in [3.8, 4) is 0 Å². The second-order valence-corrected chi connectivity index (χ2v) is 6.05. The van der Waals surface area contributed by atoms with E-state index in [1.54, 1.807) is 6.34 Å². The highest BCUT2D eigenvalue weighted by molar-refractivity contribution is 9.10. The first-order valence-electron chi connectivity index (χ1n) is 7.07. The van der Waals surface area contributed by atoms with Crippen molar-refractivity contribution in [3.05, 3.63) is 64.6 Å². The SMILES string of the molecule is CC(c1ccccc1)N1N=CN(c2ccc(Br)cc2)C1C=O. The van der Waals surface area contributed by atoms with Crippen LogP contribution in [-0.4, -0.2) is 23.8 Å². The van der Waals surface area contributed by atoms with Crippen molar-refractivity contribution >= 4 is 34.2 Å². The Morgan fingerprint density at radius 1 is 1.14 bits per heavy atom. The van der Waals surface area contributed by atoms with Gasteiger partial charge in [0.2, 0.25) is 0 Å². The standard InChI is InChI=1S/C17H16BrN3O/c1-13(14-5-3-2-4-6-14)21-17(11-22)20(12-19-21)16-9-7-15(18)8-10-16/h2-13,17H,1H3. The van der Waals surface area contributed by atoms with Crippen LogP contribution in [0.25, 0.3) is 0 Å².